The molecule has 1 unspecified atom stereocenters. The molecule has 4 heteroatoms. The molecule has 110 valence electrons. The second-order valence-corrected chi connectivity index (χ2v) is 5.84. The van der Waals surface area contributed by atoms with Crippen LogP contribution in [-0.4, -0.2) is 42.4 Å². The van der Waals surface area contributed by atoms with Gasteiger partial charge in [-0.15, -0.1) is 0 Å². The molecule has 1 aromatic rings. The van der Waals surface area contributed by atoms with Crippen LogP contribution in [0.2, 0.25) is 0 Å². The van der Waals surface area contributed by atoms with Gasteiger partial charge in [-0.2, -0.15) is 0 Å². The molecule has 0 amide bonds. The molecule has 4 nitrogen and oxygen atoms in total. The van der Waals surface area contributed by atoms with Gasteiger partial charge in [-0.1, -0.05) is 6.92 Å². The summed E-state index contributed by atoms with van der Waals surface area (Å²) in [4.78, 5) is 2.44. The van der Waals surface area contributed by atoms with Crippen LogP contribution in [0.3, 0.4) is 0 Å². The fourth-order valence-corrected chi connectivity index (χ4v) is 3.33. The molecule has 0 aliphatic carbocycles. The number of hydrogen-bond donors (Lipinski definition) is 1. The normalized spacial score (nSPS) is 25.1. The van der Waals surface area contributed by atoms with Gasteiger partial charge in [0.2, 0.25) is 0 Å². The molecule has 1 atom stereocenters. The zero-order valence-corrected chi connectivity index (χ0v) is 12.3. The minimum Gasteiger partial charge on any atom is -0.497 e. The highest BCUT2D eigenvalue weighted by atomic mass is 16.5. The van der Waals surface area contributed by atoms with Crippen molar-refractivity contribution >= 4 is 0 Å². The molecule has 0 radical (unpaired) electrons. The van der Waals surface area contributed by atoms with E-state index in [9.17, 15) is 5.11 Å². The van der Waals surface area contributed by atoms with Gasteiger partial charge in [0, 0.05) is 25.1 Å². The van der Waals surface area contributed by atoms with E-state index >= 15 is 0 Å². The van der Waals surface area contributed by atoms with Crippen LogP contribution in [-0.2, 0) is 0 Å². The molecule has 1 aromatic carbocycles. The maximum atomic E-state index is 10.5. The third-order valence-electron chi connectivity index (χ3n) is 4.68. The van der Waals surface area contributed by atoms with Crippen LogP contribution >= 0.6 is 0 Å². The number of benzene rings is 1. The molecule has 1 spiro atoms. The number of rotatable bonds is 2. The zero-order valence-electron chi connectivity index (χ0n) is 12.3. The second kappa shape index (κ2) is 5.26. The SMILES string of the molecule is CCN1CCC2(CC1)CC(O)c1cc(OC)ccc1O2. The van der Waals surface area contributed by atoms with Crippen LogP contribution in [0.25, 0.3) is 0 Å². The third-order valence-corrected chi connectivity index (χ3v) is 4.68. The first-order valence-electron chi connectivity index (χ1n) is 7.43. The van der Waals surface area contributed by atoms with E-state index in [0.29, 0.717) is 6.42 Å². The van der Waals surface area contributed by atoms with Crippen molar-refractivity contribution in [1.82, 2.24) is 4.90 Å². The van der Waals surface area contributed by atoms with E-state index in [2.05, 4.69) is 11.8 Å². The maximum Gasteiger partial charge on any atom is 0.126 e. The first-order valence-corrected chi connectivity index (χ1v) is 7.43. The average molecular weight is 277 g/mol. The molecule has 1 N–H and O–H groups in total. The Kier molecular flexibility index (Phi) is 3.61. The molecular formula is C16H23NO3. The summed E-state index contributed by atoms with van der Waals surface area (Å²) in [7, 11) is 1.64. The topological polar surface area (TPSA) is 41.9 Å². The highest BCUT2D eigenvalue weighted by molar-refractivity contribution is 5.43. The van der Waals surface area contributed by atoms with E-state index in [0.717, 1.165) is 49.5 Å². The summed E-state index contributed by atoms with van der Waals surface area (Å²) in [6, 6.07) is 5.70. The van der Waals surface area contributed by atoms with Gasteiger partial charge in [0.25, 0.3) is 0 Å². The molecule has 2 heterocycles. The fourth-order valence-electron chi connectivity index (χ4n) is 3.33. The number of likely N-dealkylation sites (tertiary alicyclic amines) is 1. The number of methoxy groups -OCH3 is 1. The highest BCUT2D eigenvalue weighted by Gasteiger charge is 2.42. The van der Waals surface area contributed by atoms with Gasteiger partial charge in [0.05, 0.1) is 13.2 Å². The number of piperidine rings is 1. The van der Waals surface area contributed by atoms with Gasteiger partial charge in [-0.3, -0.25) is 0 Å². The van der Waals surface area contributed by atoms with Crippen molar-refractivity contribution in [2.24, 2.45) is 0 Å². The summed E-state index contributed by atoms with van der Waals surface area (Å²) in [5.74, 6) is 1.58. The molecule has 2 aliphatic rings. The summed E-state index contributed by atoms with van der Waals surface area (Å²) in [5.41, 5.74) is 0.667. The van der Waals surface area contributed by atoms with Gasteiger partial charge >= 0.3 is 0 Å². The molecule has 0 aromatic heterocycles. The number of aliphatic hydroxyl groups is 1. The van der Waals surface area contributed by atoms with Gasteiger partial charge in [0.1, 0.15) is 17.1 Å². The van der Waals surface area contributed by atoms with Crippen LogP contribution in [0.5, 0.6) is 11.5 Å². The lowest BCUT2D eigenvalue weighted by Crippen LogP contribution is -2.50. The molecule has 0 bridgehead atoms. The van der Waals surface area contributed by atoms with Gasteiger partial charge in [0.15, 0.2) is 0 Å². The number of ether oxygens (including phenoxy) is 2. The van der Waals surface area contributed by atoms with Crippen LogP contribution in [0.15, 0.2) is 18.2 Å². The van der Waals surface area contributed by atoms with Gasteiger partial charge in [-0.05, 0) is 37.6 Å². The minimum absolute atomic E-state index is 0.188. The Morgan fingerprint density at radius 3 is 2.80 bits per heavy atom. The van der Waals surface area contributed by atoms with E-state index in [-0.39, 0.29) is 5.60 Å². The van der Waals surface area contributed by atoms with E-state index < -0.39 is 6.10 Å². The lowest BCUT2D eigenvalue weighted by Gasteiger charge is -2.45. The smallest absolute Gasteiger partial charge is 0.126 e. The van der Waals surface area contributed by atoms with Crippen molar-refractivity contribution in [3.8, 4) is 11.5 Å². The molecular weight excluding hydrogens is 254 g/mol. The lowest BCUT2D eigenvalue weighted by atomic mass is 9.81. The first-order chi connectivity index (χ1) is 9.65. The molecule has 3 rings (SSSR count). The van der Waals surface area contributed by atoms with Crippen molar-refractivity contribution in [2.75, 3.05) is 26.7 Å². The number of fused-ring (bicyclic) bond motifs is 1. The number of aliphatic hydroxyl groups excluding tert-OH is 1. The largest absolute Gasteiger partial charge is 0.497 e. The van der Waals surface area contributed by atoms with E-state index in [4.69, 9.17) is 9.47 Å². The van der Waals surface area contributed by atoms with E-state index in [1.54, 1.807) is 7.11 Å². The van der Waals surface area contributed by atoms with E-state index in [1.807, 2.05) is 18.2 Å². The van der Waals surface area contributed by atoms with Crippen molar-refractivity contribution in [3.05, 3.63) is 23.8 Å². The molecule has 0 saturated carbocycles. The van der Waals surface area contributed by atoms with E-state index in [1.165, 1.54) is 0 Å². The zero-order chi connectivity index (χ0) is 14.2. The predicted molar refractivity (Wildman–Crippen MR) is 77.3 cm³/mol. The van der Waals surface area contributed by atoms with Crippen molar-refractivity contribution in [1.29, 1.82) is 0 Å². The van der Waals surface area contributed by atoms with Crippen molar-refractivity contribution in [2.45, 2.75) is 37.9 Å². The Bertz CT molecular complexity index is 481. The van der Waals surface area contributed by atoms with Gasteiger partial charge in [-0.25, -0.2) is 0 Å². The Morgan fingerprint density at radius 2 is 2.15 bits per heavy atom. The summed E-state index contributed by atoms with van der Waals surface area (Å²) >= 11 is 0. The van der Waals surface area contributed by atoms with Crippen molar-refractivity contribution in [3.63, 3.8) is 0 Å². The monoisotopic (exact) mass is 277 g/mol. The second-order valence-electron chi connectivity index (χ2n) is 5.84. The summed E-state index contributed by atoms with van der Waals surface area (Å²) in [5, 5.41) is 10.5. The fraction of sp³-hybridized carbons (Fsp3) is 0.625. The van der Waals surface area contributed by atoms with Crippen LogP contribution in [0, 0.1) is 0 Å². The summed E-state index contributed by atoms with van der Waals surface area (Å²) < 4.78 is 11.5. The predicted octanol–water partition coefficient (Wildman–Crippen LogP) is 2.37. The number of hydrogen-bond acceptors (Lipinski definition) is 4. The Labute approximate surface area is 120 Å². The van der Waals surface area contributed by atoms with Gasteiger partial charge < -0.3 is 19.5 Å². The Balaban J connectivity index is 1.82. The minimum atomic E-state index is -0.456. The standard InChI is InChI=1S/C16H23NO3/c1-3-17-8-6-16(7-9-17)11-14(18)13-10-12(19-2)4-5-15(13)20-16/h4-5,10,14,18H,3,6-9,11H2,1-2H3. The molecule has 20 heavy (non-hydrogen) atoms. The average Bonchev–Trinajstić information content (AvgIpc) is 2.48. The molecule has 1 saturated heterocycles. The summed E-state index contributed by atoms with van der Waals surface area (Å²) in [6.45, 7) is 5.38. The summed E-state index contributed by atoms with van der Waals surface area (Å²) in [6.07, 6.45) is 2.21. The number of nitrogens with zero attached hydrogens (tertiary/aromatic N) is 1. The van der Waals surface area contributed by atoms with Crippen LogP contribution in [0.1, 0.15) is 37.9 Å². The molecule has 1 fully saturated rings. The van der Waals surface area contributed by atoms with Crippen molar-refractivity contribution < 1.29 is 14.6 Å². The molecule has 2 aliphatic heterocycles. The first kappa shape index (κ1) is 13.7. The van der Waals surface area contributed by atoms with Crippen LogP contribution < -0.4 is 9.47 Å². The van der Waals surface area contributed by atoms with Crippen LogP contribution in [0.4, 0.5) is 0 Å². The highest BCUT2D eigenvalue weighted by Crippen LogP contribution is 2.45. The maximum absolute atomic E-state index is 10.5. The lowest BCUT2D eigenvalue weighted by molar-refractivity contribution is -0.0532. The quantitative estimate of drug-likeness (QED) is 0.901. The Morgan fingerprint density at radius 1 is 1.40 bits per heavy atom. The Hall–Kier alpha value is -1.26. The third kappa shape index (κ3) is 2.38.